The van der Waals surface area contributed by atoms with E-state index < -0.39 is 17.4 Å². The highest BCUT2D eigenvalue weighted by Crippen LogP contribution is 2.45. The van der Waals surface area contributed by atoms with Gasteiger partial charge in [-0.3, -0.25) is 9.59 Å². The highest BCUT2D eigenvalue weighted by atomic mass is 19.1. The molecule has 8 heteroatoms. The summed E-state index contributed by atoms with van der Waals surface area (Å²) in [7, 11) is 1.54. The Morgan fingerprint density at radius 1 is 1.07 bits per heavy atom. The molecule has 0 aliphatic carbocycles. The van der Waals surface area contributed by atoms with Gasteiger partial charge in [0.2, 0.25) is 0 Å². The largest absolute Gasteiger partial charge is 0.496 e. The second kappa shape index (κ2) is 12.1. The number of nitrogens with zero attached hydrogens (tertiary/aromatic N) is 1. The van der Waals surface area contributed by atoms with E-state index in [2.05, 4.69) is 0 Å². The number of amides is 1. The summed E-state index contributed by atoms with van der Waals surface area (Å²) in [5, 5.41) is 18.2. The molecule has 2 N–H and O–H groups in total. The lowest BCUT2D eigenvalue weighted by Crippen LogP contribution is -2.29. The lowest BCUT2D eigenvalue weighted by Gasteiger charge is -2.25. The number of anilines is 1. The minimum atomic E-state index is -0.959. The highest BCUT2D eigenvalue weighted by Gasteiger charge is 2.33. The Morgan fingerprint density at radius 2 is 1.76 bits per heavy atom. The monoisotopic (exact) mass is 577 g/mol. The SMILES string of the molecule is CC(C)(C)O.COc1ccc(C)cc1C(=O)N1CCc2c1cc(C)c(CC(=O)O)c2-c1cc(F)c2c(c1C)CCCO2. The van der Waals surface area contributed by atoms with Crippen LogP contribution in [0.25, 0.3) is 11.1 Å². The molecule has 0 unspecified atom stereocenters. The molecule has 3 aromatic rings. The van der Waals surface area contributed by atoms with Crippen LogP contribution in [0.1, 0.15) is 70.9 Å². The fourth-order valence-electron chi connectivity index (χ4n) is 5.69. The second-order valence-electron chi connectivity index (χ2n) is 12.0. The van der Waals surface area contributed by atoms with E-state index in [9.17, 15) is 14.7 Å². The number of carboxylic acids is 1. The Bertz CT molecular complexity index is 1530. The number of hydrogen-bond donors (Lipinski definition) is 2. The van der Waals surface area contributed by atoms with Crippen LogP contribution in [0, 0.1) is 26.6 Å². The molecule has 3 aromatic carbocycles. The van der Waals surface area contributed by atoms with Crippen LogP contribution in [0.15, 0.2) is 30.3 Å². The Hall–Kier alpha value is -3.91. The first-order valence-electron chi connectivity index (χ1n) is 14.2. The standard InChI is InChI=1S/C30H30FNO5.C4H10O/c1-16-7-8-26(36-4)23(12-16)30(35)32-10-9-20-25(32)13-17(2)21(15-27(33)34)28(20)22-14-24(31)29-19(18(22)3)6-5-11-37-29;1-4(2,3)5/h7-8,12-14H,5-6,9-11,15H2,1-4H3,(H,33,34);5H,1-3H3. The van der Waals surface area contributed by atoms with Crippen molar-refractivity contribution in [2.45, 2.75) is 72.8 Å². The van der Waals surface area contributed by atoms with E-state index in [1.165, 1.54) is 13.2 Å². The summed E-state index contributed by atoms with van der Waals surface area (Å²) in [6, 6.07) is 8.85. The van der Waals surface area contributed by atoms with Crippen LogP contribution in [-0.2, 0) is 24.1 Å². The zero-order valence-electron chi connectivity index (χ0n) is 25.5. The third-order valence-electron chi connectivity index (χ3n) is 7.48. The van der Waals surface area contributed by atoms with E-state index in [0.29, 0.717) is 59.7 Å². The number of aliphatic hydroxyl groups is 1. The molecule has 0 aromatic heterocycles. The predicted molar refractivity (Wildman–Crippen MR) is 162 cm³/mol. The van der Waals surface area contributed by atoms with Gasteiger partial charge >= 0.3 is 5.97 Å². The lowest BCUT2D eigenvalue weighted by atomic mass is 9.84. The molecule has 2 aliphatic rings. The van der Waals surface area contributed by atoms with Crippen LogP contribution >= 0.6 is 0 Å². The van der Waals surface area contributed by atoms with Crippen molar-refractivity contribution in [2.75, 3.05) is 25.2 Å². The molecule has 42 heavy (non-hydrogen) atoms. The Balaban J connectivity index is 0.000000748. The number of halogens is 1. The topological polar surface area (TPSA) is 96.3 Å². The molecule has 0 radical (unpaired) electrons. The van der Waals surface area contributed by atoms with E-state index in [-0.39, 0.29) is 12.3 Å². The zero-order chi connectivity index (χ0) is 30.9. The van der Waals surface area contributed by atoms with Crippen molar-refractivity contribution in [3.8, 4) is 22.6 Å². The van der Waals surface area contributed by atoms with Crippen molar-refractivity contribution in [1.29, 1.82) is 0 Å². The first-order chi connectivity index (χ1) is 19.7. The Morgan fingerprint density at radius 3 is 2.40 bits per heavy atom. The quantitative estimate of drug-likeness (QED) is 0.367. The number of aliphatic carboxylic acids is 1. The molecule has 0 saturated carbocycles. The highest BCUT2D eigenvalue weighted by molar-refractivity contribution is 6.10. The molecule has 7 nitrogen and oxygen atoms in total. The van der Waals surface area contributed by atoms with E-state index in [0.717, 1.165) is 39.9 Å². The summed E-state index contributed by atoms with van der Waals surface area (Å²) < 4.78 is 26.4. The molecule has 5 rings (SSSR count). The Labute approximate surface area is 246 Å². The first kappa shape index (κ1) is 31.0. The fraction of sp³-hybridized carbons (Fsp3) is 0.412. The number of carboxylic acid groups (broad SMARTS) is 1. The zero-order valence-corrected chi connectivity index (χ0v) is 25.5. The number of benzene rings is 3. The normalized spacial score (nSPS) is 13.9. The number of carbonyl (C=O) groups is 2. The molecule has 224 valence electrons. The van der Waals surface area contributed by atoms with Crippen molar-refractivity contribution in [1.82, 2.24) is 0 Å². The molecular weight excluding hydrogens is 537 g/mol. The minimum Gasteiger partial charge on any atom is -0.496 e. The molecule has 0 saturated heterocycles. The van der Waals surface area contributed by atoms with E-state index in [1.54, 1.807) is 31.7 Å². The van der Waals surface area contributed by atoms with Crippen LogP contribution in [0.2, 0.25) is 0 Å². The van der Waals surface area contributed by atoms with Crippen LogP contribution < -0.4 is 14.4 Å². The van der Waals surface area contributed by atoms with Crippen molar-refractivity contribution in [2.24, 2.45) is 0 Å². The van der Waals surface area contributed by atoms with Crippen LogP contribution in [-0.4, -0.2) is 48.0 Å². The maximum Gasteiger partial charge on any atom is 0.307 e. The summed E-state index contributed by atoms with van der Waals surface area (Å²) in [6.45, 7) is 11.9. The molecule has 2 heterocycles. The van der Waals surface area contributed by atoms with Gasteiger partial charge in [0.1, 0.15) is 5.75 Å². The maximum atomic E-state index is 15.3. The van der Waals surface area contributed by atoms with Gasteiger partial charge in [0.15, 0.2) is 11.6 Å². The van der Waals surface area contributed by atoms with Crippen molar-refractivity contribution >= 4 is 17.6 Å². The van der Waals surface area contributed by atoms with Gasteiger partial charge in [0, 0.05) is 17.8 Å². The predicted octanol–water partition coefficient (Wildman–Crippen LogP) is 6.36. The smallest absolute Gasteiger partial charge is 0.307 e. The minimum absolute atomic E-state index is 0.183. The Kier molecular flexibility index (Phi) is 8.97. The van der Waals surface area contributed by atoms with Crippen molar-refractivity contribution in [3.05, 3.63) is 75.1 Å². The number of aryl methyl sites for hydroxylation is 2. The third-order valence-corrected chi connectivity index (χ3v) is 7.48. The summed E-state index contributed by atoms with van der Waals surface area (Å²) in [6.07, 6.45) is 1.84. The van der Waals surface area contributed by atoms with E-state index in [4.69, 9.17) is 14.6 Å². The summed E-state index contributed by atoms with van der Waals surface area (Å²) in [4.78, 5) is 27.4. The van der Waals surface area contributed by atoms with Gasteiger partial charge in [-0.25, -0.2) is 4.39 Å². The summed E-state index contributed by atoms with van der Waals surface area (Å²) in [5.74, 6) is -0.796. The fourth-order valence-corrected chi connectivity index (χ4v) is 5.69. The van der Waals surface area contributed by atoms with E-state index in [1.807, 2.05) is 39.0 Å². The average molecular weight is 578 g/mol. The number of ether oxygens (including phenoxy) is 2. The molecule has 0 atom stereocenters. The molecule has 2 aliphatic heterocycles. The van der Waals surface area contributed by atoms with Gasteiger partial charge in [-0.1, -0.05) is 11.6 Å². The number of hydrogen-bond acceptors (Lipinski definition) is 5. The first-order valence-corrected chi connectivity index (χ1v) is 14.2. The van der Waals surface area contributed by atoms with Gasteiger partial charge in [0.05, 0.1) is 31.3 Å². The van der Waals surface area contributed by atoms with Gasteiger partial charge in [-0.2, -0.15) is 0 Å². The maximum absolute atomic E-state index is 15.3. The molecule has 0 bridgehead atoms. The molecule has 0 fully saturated rings. The second-order valence-corrected chi connectivity index (χ2v) is 12.0. The number of carbonyl (C=O) groups excluding carboxylic acids is 1. The number of rotatable bonds is 5. The summed E-state index contributed by atoms with van der Waals surface area (Å²) in [5.41, 5.74) is 7.00. The van der Waals surface area contributed by atoms with Gasteiger partial charge in [0.25, 0.3) is 5.91 Å². The molecular formula is C34H40FNO6. The van der Waals surface area contributed by atoms with Gasteiger partial charge in [-0.15, -0.1) is 0 Å². The number of methoxy groups -OCH3 is 1. The van der Waals surface area contributed by atoms with Crippen LogP contribution in [0.4, 0.5) is 10.1 Å². The molecule has 1 amide bonds. The van der Waals surface area contributed by atoms with Crippen molar-refractivity contribution < 1.29 is 33.7 Å². The average Bonchev–Trinajstić information content (AvgIpc) is 3.33. The lowest BCUT2D eigenvalue weighted by molar-refractivity contribution is -0.136. The third kappa shape index (κ3) is 6.44. The molecule has 0 spiro atoms. The van der Waals surface area contributed by atoms with Gasteiger partial charge in [-0.05, 0) is 118 Å². The number of fused-ring (bicyclic) bond motifs is 2. The van der Waals surface area contributed by atoms with Crippen LogP contribution in [0.3, 0.4) is 0 Å². The van der Waals surface area contributed by atoms with Gasteiger partial charge < -0.3 is 24.6 Å². The van der Waals surface area contributed by atoms with E-state index >= 15 is 4.39 Å². The van der Waals surface area contributed by atoms with Crippen LogP contribution in [0.5, 0.6) is 11.5 Å². The summed E-state index contributed by atoms with van der Waals surface area (Å²) >= 11 is 0. The van der Waals surface area contributed by atoms with Crippen molar-refractivity contribution in [3.63, 3.8) is 0 Å².